The van der Waals surface area contributed by atoms with Crippen LogP contribution < -0.4 is 4.74 Å². The van der Waals surface area contributed by atoms with Crippen LogP contribution in [-0.2, 0) is 4.74 Å². The highest BCUT2D eigenvalue weighted by molar-refractivity contribution is 5.45. The summed E-state index contributed by atoms with van der Waals surface area (Å²) in [5.74, 6) is -0.160. The molecule has 0 bridgehead atoms. The second-order valence-electron chi connectivity index (χ2n) is 4.54. The van der Waals surface area contributed by atoms with Crippen molar-refractivity contribution in [3.8, 4) is 5.75 Å². The number of nitro benzene ring substituents is 1. The lowest BCUT2D eigenvalue weighted by Crippen LogP contribution is -2.60. The normalized spacial score (nSPS) is 32.7. The van der Waals surface area contributed by atoms with E-state index >= 15 is 0 Å². The zero-order valence-corrected chi connectivity index (χ0v) is 10.8. The summed E-state index contributed by atoms with van der Waals surface area (Å²) in [6.07, 6.45) is -7.35. The van der Waals surface area contributed by atoms with Crippen molar-refractivity contribution in [1.82, 2.24) is 0 Å². The fourth-order valence-electron chi connectivity index (χ4n) is 2.00. The molecular weight excluding hydrogens is 286 g/mol. The van der Waals surface area contributed by atoms with E-state index in [9.17, 15) is 25.4 Å². The number of para-hydroxylation sites is 2. The Morgan fingerprint density at radius 2 is 1.86 bits per heavy atom. The molecule has 1 aromatic carbocycles. The molecule has 1 heterocycles. The molecule has 0 aromatic heterocycles. The quantitative estimate of drug-likeness (QED) is 0.400. The molecule has 116 valence electrons. The highest BCUT2D eigenvalue weighted by atomic mass is 16.7. The number of aliphatic hydroxyl groups is 4. The number of benzene rings is 1. The second-order valence-corrected chi connectivity index (χ2v) is 4.54. The minimum absolute atomic E-state index is 0.160. The zero-order chi connectivity index (χ0) is 15.6. The molecule has 1 fully saturated rings. The van der Waals surface area contributed by atoms with Crippen molar-refractivity contribution in [1.29, 1.82) is 0 Å². The van der Waals surface area contributed by atoms with E-state index in [4.69, 9.17) is 14.6 Å². The lowest BCUT2D eigenvalue weighted by molar-refractivity contribution is -0.387. The van der Waals surface area contributed by atoms with E-state index in [0.29, 0.717) is 0 Å². The van der Waals surface area contributed by atoms with Gasteiger partial charge in [-0.1, -0.05) is 12.1 Å². The number of hydrogen-bond acceptors (Lipinski definition) is 8. The van der Waals surface area contributed by atoms with Gasteiger partial charge in [0.2, 0.25) is 6.29 Å². The Balaban J connectivity index is 2.20. The smallest absolute Gasteiger partial charge is 0.311 e. The number of hydrogen-bond donors (Lipinski definition) is 4. The maximum Gasteiger partial charge on any atom is 0.311 e. The molecule has 5 atom stereocenters. The molecule has 1 aromatic rings. The first-order valence-electron chi connectivity index (χ1n) is 6.16. The second kappa shape index (κ2) is 6.33. The van der Waals surface area contributed by atoms with Crippen LogP contribution in [0.1, 0.15) is 0 Å². The van der Waals surface area contributed by atoms with Gasteiger partial charge in [0.05, 0.1) is 11.5 Å². The molecule has 0 spiro atoms. The standard InChI is InChI=1S/C12H15NO8/c14-5-8-9(15)10(16)11(17)12(21-8)20-7-4-2-1-3-6(7)13(18)19/h1-4,8-12,14-17H,5H2/t8?,9-,10-,11?,12-/m1/s1. The fourth-order valence-corrected chi connectivity index (χ4v) is 2.00. The van der Waals surface area contributed by atoms with Crippen molar-refractivity contribution in [2.75, 3.05) is 6.61 Å². The minimum Gasteiger partial charge on any atom is -0.455 e. The van der Waals surface area contributed by atoms with Crippen LogP contribution >= 0.6 is 0 Å². The number of nitro groups is 1. The Morgan fingerprint density at radius 1 is 1.19 bits per heavy atom. The van der Waals surface area contributed by atoms with Crippen molar-refractivity contribution in [2.24, 2.45) is 0 Å². The largest absolute Gasteiger partial charge is 0.455 e. The molecule has 0 saturated carbocycles. The van der Waals surface area contributed by atoms with Crippen LogP contribution in [0.25, 0.3) is 0 Å². The van der Waals surface area contributed by atoms with Gasteiger partial charge in [-0.2, -0.15) is 0 Å². The number of ether oxygens (including phenoxy) is 2. The molecule has 2 unspecified atom stereocenters. The van der Waals surface area contributed by atoms with Crippen LogP contribution in [0.2, 0.25) is 0 Å². The lowest BCUT2D eigenvalue weighted by Gasteiger charge is -2.39. The van der Waals surface area contributed by atoms with Gasteiger partial charge in [-0.25, -0.2) is 0 Å². The van der Waals surface area contributed by atoms with E-state index in [1.54, 1.807) is 0 Å². The van der Waals surface area contributed by atoms with Gasteiger partial charge in [-0.3, -0.25) is 10.1 Å². The summed E-state index contributed by atoms with van der Waals surface area (Å²) in [4.78, 5) is 10.2. The average molecular weight is 301 g/mol. The van der Waals surface area contributed by atoms with Crippen LogP contribution in [0, 0.1) is 10.1 Å². The van der Waals surface area contributed by atoms with E-state index in [-0.39, 0.29) is 11.4 Å². The average Bonchev–Trinajstić information content (AvgIpc) is 2.48. The summed E-state index contributed by atoms with van der Waals surface area (Å²) in [5, 5.41) is 49.0. The predicted octanol–water partition coefficient (Wildman–Crippen LogP) is -1.23. The van der Waals surface area contributed by atoms with Crippen molar-refractivity contribution in [3.05, 3.63) is 34.4 Å². The van der Waals surface area contributed by atoms with Gasteiger partial charge >= 0.3 is 5.69 Å². The number of rotatable bonds is 4. The lowest BCUT2D eigenvalue weighted by atomic mass is 9.99. The molecule has 21 heavy (non-hydrogen) atoms. The molecule has 9 heteroatoms. The topological polar surface area (TPSA) is 143 Å². The predicted molar refractivity (Wildman–Crippen MR) is 67.5 cm³/mol. The molecule has 4 N–H and O–H groups in total. The summed E-state index contributed by atoms with van der Waals surface area (Å²) >= 11 is 0. The van der Waals surface area contributed by atoms with Crippen molar-refractivity contribution in [2.45, 2.75) is 30.7 Å². The fraction of sp³-hybridized carbons (Fsp3) is 0.500. The first kappa shape index (κ1) is 15.6. The van der Waals surface area contributed by atoms with Gasteiger partial charge in [0, 0.05) is 6.07 Å². The van der Waals surface area contributed by atoms with Crippen LogP contribution in [0.5, 0.6) is 5.75 Å². The highest BCUT2D eigenvalue weighted by Gasteiger charge is 2.45. The van der Waals surface area contributed by atoms with E-state index in [0.717, 1.165) is 0 Å². The van der Waals surface area contributed by atoms with Crippen molar-refractivity contribution in [3.63, 3.8) is 0 Å². The SMILES string of the molecule is O=[N+]([O-])c1ccccc1O[C@@H]1OC(CO)[C@@H](O)[C@@H](O)C1O. The van der Waals surface area contributed by atoms with Crippen molar-refractivity contribution >= 4 is 5.69 Å². The van der Waals surface area contributed by atoms with Crippen LogP contribution in [0.4, 0.5) is 5.69 Å². The first-order valence-corrected chi connectivity index (χ1v) is 6.16. The van der Waals surface area contributed by atoms with Gasteiger partial charge in [0.1, 0.15) is 24.4 Å². The molecule has 1 aliphatic heterocycles. The van der Waals surface area contributed by atoms with Crippen LogP contribution in [-0.4, -0.2) is 62.7 Å². The zero-order valence-electron chi connectivity index (χ0n) is 10.8. The summed E-state index contributed by atoms with van der Waals surface area (Å²) < 4.78 is 10.3. The molecule has 1 saturated heterocycles. The van der Waals surface area contributed by atoms with Gasteiger partial charge in [-0.05, 0) is 6.07 Å². The first-order chi connectivity index (χ1) is 9.95. The van der Waals surface area contributed by atoms with Crippen molar-refractivity contribution < 1.29 is 34.8 Å². The van der Waals surface area contributed by atoms with Gasteiger partial charge in [0.15, 0.2) is 5.75 Å². The van der Waals surface area contributed by atoms with Gasteiger partial charge < -0.3 is 29.9 Å². The van der Waals surface area contributed by atoms with E-state index in [1.807, 2.05) is 0 Å². The number of aliphatic hydroxyl groups excluding tert-OH is 4. The Kier molecular flexibility index (Phi) is 4.70. The maximum absolute atomic E-state index is 10.9. The summed E-state index contributed by atoms with van der Waals surface area (Å²) in [7, 11) is 0. The van der Waals surface area contributed by atoms with E-state index in [2.05, 4.69) is 0 Å². The summed E-state index contributed by atoms with van der Waals surface area (Å²) in [5.41, 5.74) is -0.338. The van der Waals surface area contributed by atoms with Crippen LogP contribution in [0.15, 0.2) is 24.3 Å². The molecular formula is C12H15NO8. The Labute approximate surface area is 119 Å². The highest BCUT2D eigenvalue weighted by Crippen LogP contribution is 2.30. The van der Waals surface area contributed by atoms with Gasteiger partial charge in [-0.15, -0.1) is 0 Å². The molecule has 0 aliphatic carbocycles. The molecule has 0 radical (unpaired) electrons. The van der Waals surface area contributed by atoms with Crippen LogP contribution in [0.3, 0.4) is 0 Å². The Morgan fingerprint density at radius 3 is 2.48 bits per heavy atom. The molecule has 2 rings (SSSR count). The summed E-state index contributed by atoms with van der Waals surface area (Å²) in [6, 6.07) is 5.45. The third kappa shape index (κ3) is 3.12. The monoisotopic (exact) mass is 301 g/mol. The Hall–Kier alpha value is -1.78. The molecule has 0 amide bonds. The maximum atomic E-state index is 10.9. The number of nitrogens with zero attached hydrogens (tertiary/aromatic N) is 1. The van der Waals surface area contributed by atoms with E-state index < -0.39 is 42.2 Å². The summed E-state index contributed by atoms with van der Waals surface area (Å²) in [6.45, 7) is -0.609. The molecule has 1 aliphatic rings. The minimum atomic E-state index is -1.62. The van der Waals surface area contributed by atoms with E-state index in [1.165, 1.54) is 24.3 Å². The Bertz CT molecular complexity index is 508. The van der Waals surface area contributed by atoms with Gasteiger partial charge in [0.25, 0.3) is 0 Å². The third-order valence-corrected chi connectivity index (χ3v) is 3.15. The molecule has 9 nitrogen and oxygen atoms in total. The third-order valence-electron chi connectivity index (χ3n) is 3.15.